The van der Waals surface area contributed by atoms with Gasteiger partial charge in [0.2, 0.25) is 5.75 Å². The van der Waals surface area contributed by atoms with Crippen molar-refractivity contribution in [2.45, 2.75) is 46.5 Å². The molecular weight excluding hydrogens is 404 g/mol. The van der Waals surface area contributed by atoms with Gasteiger partial charge in [-0.25, -0.2) is 0 Å². The summed E-state index contributed by atoms with van der Waals surface area (Å²) in [6, 6.07) is 12.3. The van der Waals surface area contributed by atoms with E-state index in [0.717, 1.165) is 25.9 Å². The molecule has 0 bridgehead atoms. The van der Waals surface area contributed by atoms with Gasteiger partial charge in [-0.3, -0.25) is 4.79 Å². The highest BCUT2D eigenvalue weighted by Gasteiger charge is 2.18. The molecule has 1 aliphatic rings. The number of aryl methyl sites for hydroxylation is 1. The molecule has 1 heterocycles. The van der Waals surface area contributed by atoms with Gasteiger partial charge in [-0.2, -0.15) is 0 Å². The molecule has 1 fully saturated rings. The quantitative estimate of drug-likeness (QED) is 0.478. The number of carbonyl (C=O) groups is 1. The third kappa shape index (κ3) is 6.31. The number of rotatable bonds is 12. The summed E-state index contributed by atoms with van der Waals surface area (Å²) in [5.41, 5.74) is 3.11. The highest BCUT2D eigenvalue weighted by Crippen LogP contribution is 2.39. The summed E-state index contributed by atoms with van der Waals surface area (Å²) in [4.78, 5) is 15.2. The molecule has 0 unspecified atom stereocenters. The zero-order chi connectivity index (χ0) is 22.8. The second-order valence-electron chi connectivity index (χ2n) is 7.82. The Bertz CT molecular complexity index is 834. The first-order chi connectivity index (χ1) is 15.7. The highest BCUT2D eigenvalue weighted by molar-refractivity contribution is 5.95. The second kappa shape index (κ2) is 12.2. The summed E-state index contributed by atoms with van der Waals surface area (Å²) in [6.45, 7) is 10.1. The third-order valence-electron chi connectivity index (χ3n) is 5.51. The highest BCUT2D eigenvalue weighted by atomic mass is 16.5. The van der Waals surface area contributed by atoms with Crippen LogP contribution in [0.3, 0.4) is 0 Å². The summed E-state index contributed by atoms with van der Waals surface area (Å²) in [7, 11) is 0. The van der Waals surface area contributed by atoms with Crippen molar-refractivity contribution < 1.29 is 19.0 Å². The Morgan fingerprint density at radius 2 is 1.50 bits per heavy atom. The fourth-order valence-electron chi connectivity index (χ4n) is 3.97. The van der Waals surface area contributed by atoms with Crippen LogP contribution in [0.25, 0.3) is 0 Å². The van der Waals surface area contributed by atoms with Gasteiger partial charge >= 0.3 is 0 Å². The Hall–Kier alpha value is -2.89. The van der Waals surface area contributed by atoms with E-state index in [-0.39, 0.29) is 5.91 Å². The van der Waals surface area contributed by atoms with Gasteiger partial charge in [0.1, 0.15) is 0 Å². The molecule has 0 radical (unpaired) electrons. The molecule has 1 amide bonds. The number of benzene rings is 2. The van der Waals surface area contributed by atoms with Crippen molar-refractivity contribution in [3.8, 4) is 17.2 Å². The molecule has 0 atom stereocenters. The van der Waals surface area contributed by atoms with E-state index in [1.165, 1.54) is 24.1 Å². The van der Waals surface area contributed by atoms with Gasteiger partial charge in [-0.15, -0.1) is 0 Å². The number of anilines is 1. The Morgan fingerprint density at radius 3 is 2.06 bits per heavy atom. The number of ether oxygens (including phenoxy) is 3. The number of hydrogen-bond donors (Lipinski definition) is 1. The lowest BCUT2D eigenvalue weighted by molar-refractivity contribution is 0.0952. The van der Waals surface area contributed by atoms with Crippen LogP contribution in [-0.4, -0.2) is 45.4 Å². The van der Waals surface area contributed by atoms with Gasteiger partial charge < -0.3 is 24.4 Å². The van der Waals surface area contributed by atoms with E-state index in [2.05, 4.69) is 34.5 Å². The van der Waals surface area contributed by atoms with Crippen molar-refractivity contribution >= 4 is 11.6 Å². The van der Waals surface area contributed by atoms with Crippen LogP contribution in [0.1, 0.15) is 56.0 Å². The van der Waals surface area contributed by atoms with Crippen molar-refractivity contribution in [3.63, 3.8) is 0 Å². The minimum atomic E-state index is -0.140. The molecule has 32 heavy (non-hydrogen) atoms. The molecule has 6 nitrogen and oxygen atoms in total. The van der Waals surface area contributed by atoms with E-state index in [0.29, 0.717) is 49.2 Å². The van der Waals surface area contributed by atoms with Gasteiger partial charge in [0.05, 0.1) is 19.8 Å². The Balaban J connectivity index is 1.55. The summed E-state index contributed by atoms with van der Waals surface area (Å²) in [5, 5.41) is 3.02. The first-order valence-corrected chi connectivity index (χ1v) is 11.8. The van der Waals surface area contributed by atoms with Gasteiger partial charge in [0.25, 0.3) is 5.91 Å². The summed E-state index contributed by atoms with van der Waals surface area (Å²) in [6.07, 6.45) is 4.38. The largest absolute Gasteiger partial charge is 0.490 e. The summed E-state index contributed by atoms with van der Waals surface area (Å²) in [5.74, 6) is 1.47. The van der Waals surface area contributed by atoms with Crippen molar-refractivity contribution in [2.75, 3.05) is 44.4 Å². The fraction of sp³-hybridized carbons (Fsp3) is 0.500. The molecule has 2 aromatic carbocycles. The van der Waals surface area contributed by atoms with Crippen LogP contribution in [0.5, 0.6) is 17.2 Å². The Morgan fingerprint density at radius 1 is 0.906 bits per heavy atom. The van der Waals surface area contributed by atoms with Gasteiger partial charge in [0.15, 0.2) is 11.5 Å². The number of carbonyl (C=O) groups excluding carboxylic acids is 1. The number of hydrogen-bond acceptors (Lipinski definition) is 5. The average molecular weight is 441 g/mol. The topological polar surface area (TPSA) is 60.0 Å². The van der Waals surface area contributed by atoms with E-state index in [4.69, 9.17) is 14.2 Å². The maximum atomic E-state index is 12.8. The van der Waals surface area contributed by atoms with Gasteiger partial charge in [-0.05, 0) is 76.3 Å². The Labute approximate surface area is 191 Å². The predicted molar refractivity (Wildman–Crippen MR) is 128 cm³/mol. The molecule has 0 aliphatic carbocycles. The van der Waals surface area contributed by atoms with E-state index in [1.807, 2.05) is 20.8 Å². The minimum absolute atomic E-state index is 0.140. The normalized spacial score (nSPS) is 13.2. The zero-order valence-corrected chi connectivity index (χ0v) is 19.6. The van der Waals surface area contributed by atoms with Gasteiger partial charge in [-0.1, -0.05) is 12.1 Å². The van der Waals surface area contributed by atoms with Crippen LogP contribution < -0.4 is 24.4 Å². The van der Waals surface area contributed by atoms with Crippen LogP contribution in [-0.2, 0) is 6.42 Å². The molecule has 0 spiro atoms. The van der Waals surface area contributed by atoms with Crippen LogP contribution >= 0.6 is 0 Å². The number of amides is 1. The van der Waals surface area contributed by atoms with Crippen molar-refractivity contribution in [3.05, 3.63) is 47.5 Å². The molecule has 1 aliphatic heterocycles. The van der Waals surface area contributed by atoms with Crippen molar-refractivity contribution in [2.24, 2.45) is 0 Å². The standard InChI is InChI=1S/C26H36N2O4/c1-4-30-23-18-21(19-24(31-5-2)25(23)32-6-3)26(29)27-15-9-10-20-11-13-22(14-12-20)28-16-7-8-17-28/h11-14,18-19H,4-10,15-17H2,1-3H3,(H,27,29). The van der Waals surface area contributed by atoms with Crippen LogP contribution in [0.15, 0.2) is 36.4 Å². The Kier molecular flexibility index (Phi) is 9.08. The third-order valence-corrected chi connectivity index (χ3v) is 5.51. The van der Waals surface area contributed by atoms with Crippen LogP contribution in [0.4, 0.5) is 5.69 Å². The molecule has 1 N–H and O–H groups in total. The molecular formula is C26H36N2O4. The lowest BCUT2D eigenvalue weighted by atomic mass is 10.1. The fourth-order valence-corrected chi connectivity index (χ4v) is 3.97. The first kappa shape index (κ1) is 23.8. The maximum Gasteiger partial charge on any atom is 0.251 e. The minimum Gasteiger partial charge on any atom is -0.490 e. The molecule has 2 aromatic rings. The lowest BCUT2D eigenvalue weighted by Crippen LogP contribution is -2.25. The monoisotopic (exact) mass is 440 g/mol. The number of nitrogens with one attached hydrogen (secondary N) is 1. The van der Waals surface area contributed by atoms with Crippen molar-refractivity contribution in [1.82, 2.24) is 5.32 Å². The first-order valence-electron chi connectivity index (χ1n) is 11.8. The molecule has 6 heteroatoms. The number of nitrogens with zero attached hydrogens (tertiary/aromatic N) is 1. The maximum absolute atomic E-state index is 12.8. The van der Waals surface area contributed by atoms with Crippen LogP contribution in [0, 0.1) is 0 Å². The SMILES string of the molecule is CCOc1cc(C(=O)NCCCc2ccc(N3CCCC3)cc2)cc(OCC)c1OCC. The van der Waals surface area contributed by atoms with Gasteiger partial charge in [0, 0.05) is 30.9 Å². The molecule has 3 rings (SSSR count). The molecule has 174 valence electrons. The lowest BCUT2D eigenvalue weighted by Gasteiger charge is -2.18. The molecule has 0 saturated carbocycles. The van der Waals surface area contributed by atoms with E-state index in [9.17, 15) is 4.79 Å². The van der Waals surface area contributed by atoms with E-state index >= 15 is 0 Å². The van der Waals surface area contributed by atoms with Crippen LogP contribution in [0.2, 0.25) is 0 Å². The summed E-state index contributed by atoms with van der Waals surface area (Å²) >= 11 is 0. The van der Waals surface area contributed by atoms with E-state index < -0.39 is 0 Å². The predicted octanol–water partition coefficient (Wildman–Crippen LogP) is 4.85. The molecule has 1 saturated heterocycles. The smallest absolute Gasteiger partial charge is 0.251 e. The summed E-state index contributed by atoms with van der Waals surface area (Å²) < 4.78 is 17.1. The zero-order valence-electron chi connectivity index (χ0n) is 19.6. The average Bonchev–Trinajstić information content (AvgIpc) is 3.34. The van der Waals surface area contributed by atoms with E-state index in [1.54, 1.807) is 12.1 Å². The second-order valence-corrected chi connectivity index (χ2v) is 7.82. The molecule has 0 aromatic heterocycles. The van der Waals surface area contributed by atoms with Crippen molar-refractivity contribution in [1.29, 1.82) is 0 Å².